The van der Waals surface area contributed by atoms with Gasteiger partial charge in [-0.1, -0.05) is 17.4 Å². The topological polar surface area (TPSA) is 66.9 Å². The number of pyridine rings is 1. The summed E-state index contributed by atoms with van der Waals surface area (Å²) in [6, 6.07) is 9.91. The molecule has 0 spiro atoms. The highest BCUT2D eigenvalue weighted by Gasteiger charge is 2.18. The van der Waals surface area contributed by atoms with E-state index in [0.717, 1.165) is 15.4 Å². The van der Waals surface area contributed by atoms with E-state index in [4.69, 9.17) is 0 Å². The first-order valence-electron chi connectivity index (χ1n) is 6.11. The molecule has 4 rings (SSSR count). The zero-order valence-corrected chi connectivity index (χ0v) is 12.2. The number of nitrogens with zero attached hydrogens (tertiary/aromatic N) is 5. The number of hydrogen-bond acceptors (Lipinski definition) is 6. The van der Waals surface area contributed by atoms with Crippen LogP contribution < -0.4 is 0 Å². The summed E-state index contributed by atoms with van der Waals surface area (Å²) >= 11 is 3.10. The van der Waals surface area contributed by atoms with E-state index in [1.807, 2.05) is 29.6 Å². The number of fused-ring (bicyclic) bond motifs is 1. The lowest BCUT2D eigenvalue weighted by Gasteiger charge is -1.95. The standard InChI is InChI=1S/C14H7N5S2/c15-7-10-12(9-3-1-5-16-8-9)17-14-19(10)18-13(21-14)11-4-2-6-20-11/h1-6,8H. The first kappa shape index (κ1) is 12.2. The maximum atomic E-state index is 9.44. The van der Waals surface area contributed by atoms with Gasteiger partial charge in [0, 0.05) is 18.0 Å². The molecular formula is C14H7N5S2. The van der Waals surface area contributed by atoms with Crippen molar-refractivity contribution >= 4 is 27.6 Å². The molecule has 0 unspecified atom stereocenters. The van der Waals surface area contributed by atoms with Crippen LogP contribution in [0.2, 0.25) is 0 Å². The molecule has 0 saturated carbocycles. The molecule has 4 aromatic heterocycles. The van der Waals surface area contributed by atoms with Gasteiger partial charge >= 0.3 is 0 Å². The third kappa shape index (κ3) is 1.93. The minimum Gasteiger partial charge on any atom is -0.264 e. The Kier molecular flexibility index (Phi) is 2.77. The summed E-state index contributed by atoms with van der Waals surface area (Å²) in [7, 11) is 0. The normalized spacial score (nSPS) is 10.8. The lowest BCUT2D eigenvalue weighted by atomic mass is 10.2. The molecule has 0 fully saturated rings. The Bertz CT molecular complexity index is 945. The third-order valence-electron chi connectivity index (χ3n) is 2.98. The van der Waals surface area contributed by atoms with E-state index < -0.39 is 0 Å². The van der Waals surface area contributed by atoms with Gasteiger partial charge < -0.3 is 0 Å². The van der Waals surface area contributed by atoms with Crippen molar-refractivity contribution < 1.29 is 0 Å². The molecule has 0 aliphatic carbocycles. The molecule has 21 heavy (non-hydrogen) atoms. The number of nitriles is 1. The Morgan fingerprint density at radius 3 is 2.90 bits per heavy atom. The van der Waals surface area contributed by atoms with Gasteiger partial charge in [0.15, 0.2) is 10.7 Å². The van der Waals surface area contributed by atoms with Gasteiger partial charge in [0.2, 0.25) is 4.96 Å². The number of thiophene rings is 1. The molecular weight excluding hydrogens is 302 g/mol. The van der Waals surface area contributed by atoms with Crippen molar-refractivity contribution in [2.24, 2.45) is 0 Å². The molecule has 4 aromatic rings. The van der Waals surface area contributed by atoms with Crippen LogP contribution in [0.1, 0.15) is 5.69 Å². The average Bonchev–Trinajstić information content (AvgIpc) is 3.22. The lowest BCUT2D eigenvalue weighted by molar-refractivity contribution is 0.962. The van der Waals surface area contributed by atoms with Crippen molar-refractivity contribution in [2.75, 3.05) is 0 Å². The van der Waals surface area contributed by atoms with Gasteiger partial charge in [0.05, 0.1) is 4.88 Å². The van der Waals surface area contributed by atoms with Gasteiger partial charge in [-0.3, -0.25) is 4.98 Å². The largest absolute Gasteiger partial charge is 0.264 e. The first-order valence-corrected chi connectivity index (χ1v) is 7.80. The molecule has 0 N–H and O–H groups in total. The van der Waals surface area contributed by atoms with E-state index in [9.17, 15) is 5.26 Å². The minimum atomic E-state index is 0.442. The highest BCUT2D eigenvalue weighted by Crippen LogP contribution is 2.32. The van der Waals surface area contributed by atoms with Crippen LogP contribution in [0.3, 0.4) is 0 Å². The Labute approximate surface area is 127 Å². The molecule has 0 saturated heterocycles. The highest BCUT2D eigenvalue weighted by atomic mass is 32.1. The molecule has 0 aliphatic rings. The molecule has 0 aliphatic heterocycles. The summed E-state index contributed by atoms with van der Waals surface area (Å²) in [5.74, 6) is 0. The van der Waals surface area contributed by atoms with E-state index in [0.29, 0.717) is 16.3 Å². The van der Waals surface area contributed by atoms with Crippen LogP contribution in [0, 0.1) is 11.3 Å². The number of imidazole rings is 1. The molecule has 4 heterocycles. The van der Waals surface area contributed by atoms with Crippen LogP contribution >= 0.6 is 22.7 Å². The Hall–Kier alpha value is -2.56. The maximum absolute atomic E-state index is 9.44. The quantitative estimate of drug-likeness (QED) is 0.569. The van der Waals surface area contributed by atoms with Crippen molar-refractivity contribution in [3.63, 3.8) is 0 Å². The van der Waals surface area contributed by atoms with Crippen molar-refractivity contribution in [3.05, 3.63) is 47.7 Å². The number of rotatable bonds is 2. The van der Waals surface area contributed by atoms with Crippen LogP contribution in [-0.2, 0) is 0 Å². The smallest absolute Gasteiger partial charge is 0.214 e. The predicted octanol–water partition coefficient (Wildman–Crippen LogP) is 3.45. The molecule has 100 valence electrons. The predicted molar refractivity (Wildman–Crippen MR) is 82.1 cm³/mol. The summed E-state index contributed by atoms with van der Waals surface area (Å²) in [6.07, 6.45) is 3.40. The van der Waals surface area contributed by atoms with Gasteiger partial charge in [-0.15, -0.1) is 11.3 Å². The minimum absolute atomic E-state index is 0.442. The Morgan fingerprint density at radius 2 is 2.19 bits per heavy atom. The summed E-state index contributed by atoms with van der Waals surface area (Å²) in [5, 5.41) is 16.8. The van der Waals surface area contributed by atoms with Crippen LogP contribution in [0.25, 0.3) is 26.1 Å². The summed E-state index contributed by atoms with van der Waals surface area (Å²) in [5.41, 5.74) is 1.89. The molecule has 0 bridgehead atoms. The van der Waals surface area contributed by atoms with Crippen LogP contribution in [-0.4, -0.2) is 19.6 Å². The number of aromatic nitrogens is 4. The molecule has 0 atom stereocenters. The summed E-state index contributed by atoms with van der Waals surface area (Å²) in [4.78, 5) is 10.4. The Balaban J connectivity index is 1.92. The highest BCUT2D eigenvalue weighted by molar-refractivity contribution is 7.23. The Morgan fingerprint density at radius 1 is 1.24 bits per heavy atom. The fraction of sp³-hybridized carbons (Fsp3) is 0. The van der Waals surface area contributed by atoms with Crippen molar-refractivity contribution in [2.45, 2.75) is 0 Å². The first-order chi connectivity index (χ1) is 10.4. The molecule has 0 radical (unpaired) electrons. The zero-order chi connectivity index (χ0) is 14.2. The third-order valence-corrected chi connectivity index (χ3v) is 4.92. The molecule has 0 amide bonds. The maximum Gasteiger partial charge on any atom is 0.214 e. The van der Waals surface area contributed by atoms with E-state index in [1.54, 1.807) is 28.2 Å². The zero-order valence-electron chi connectivity index (χ0n) is 10.6. The average molecular weight is 309 g/mol. The van der Waals surface area contributed by atoms with Crippen molar-refractivity contribution in [1.82, 2.24) is 19.6 Å². The second-order valence-corrected chi connectivity index (χ2v) is 6.15. The van der Waals surface area contributed by atoms with Crippen LogP contribution in [0.15, 0.2) is 42.0 Å². The van der Waals surface area contributed by atoms with Gasteiger partial charge in [-0.25, -0.2) is 4.98 Å². The van der Waals surface area contributed by atoms with Gasteiger partial charge in [0.25, 0.3) is 0 Å². The van der Waals surface area contributed by atoms with Crippen LogP contribution in [0.4, 0.5) is 0 Å². The molecule has 0 aromatic carbocycles. The van der Waals surface area contributed by atoms with E-state index in [2.05, 4.69) is 21.1 Å². The van der Waals surface area contributed by atoms with E-state index in [1.165, 1.54) is 11.3 Å². The SMILES string of the molecule is N#Cc1c(-c2cccnc2)nc2sc(-c3cccs3)nn12. The number of hydrogen-bond donors (Lipinski definition) is 0. The second-order valence-electron chi connectivity index (χ2n) is 4.24. The lowest BCUT2D eigenvalue weighted by Crippen LogP contribution is -1.90. The summed E-state index contributed by atoms with van der Waals surface area (Å²) < 4.78 is 1.61. The van der Waals surface area contributed by atoms with Gasteiger partial charge in [-0.05, 0) is 23.6 Å². The van der Waals surface area contributed by atoms with Gasteiger partial charge in [0.1, 0.15) is 11.8 Å². The van der Waals surface area contributed by atoms with Crippen molar-refractivity contribution in [3.8, 4) is 27.2 Å². The summed E-state index contributed by atoms with van der Waals surface area (Å²) in [6.45, 7) is 0. The monoisotopic (exact) mass is 309 g/mol. The van der Waals surface area contributed by atoms with Gasteiger partial charge in [-0.2, -0.15) is 14.9 Å². The van der Waals surface area contributed by atoms with E-state index in [-0.39, 0.29) is 0 Å². The van der Waals surface area contributed by atoms with Crippen molar-refractivity contribution in [1.29, 1.82) is 5.26 Å². The molecule has 7 heteroatoms. The molecule has 5 nitrogen and oxygen atoms in total. The second kappa shape index (κ2) is 4.77. The fourth-order valence-corrected chi connectivity index (χ4v) is 3.74. The van der Waals surface area contributed by atoms with Crippen LogP contribution in [0.5, 0.6) is 0 Å². The fourth-order valence-electron chi connectivity index (χ4n) is 2.05. The van der Waals surface area contributed by atoms with E-state index >= 15 is 0 Å².